The number of nitrogens with zero attached hydrogens (tertiary/aromatic N) is 3. The Morgan fingerprint density at radius 2 is 1.85 bits per heavy atom. The van der Waals surface area contributed by atoms with E-state index in [1.807, 2.05) is 45.0 Å². The van der Waals surface area contributed by atoms with Gasteiger partial charge in [-0.3, -0.25) is 19.8 Å². The van der Waals surface area contributed by atoms with Crippen LogP contribution >= 0.6 is 11.8 Å². The average Bonchev–Trinajstić information content (AvgIpc) is 2.90. The number of nitro benzene ring substituents is 1. The van der Waals surface area contributed by atoms with Gasteiger partial charge in [0.1, 0.15) is 5.56 Å². The topological polar surface area (TPSA) is 75.8 Å². The van der Waals surface area contributed by atoms with E-state index >= 15 is 0 Å². The number of aryl methyl sites for hydroxylation is 2. The molecule has 0 aromatic heterocycles. The third-order valence-corrected chi connectivity index (χ3v) is 5.85. The smallest absolute Gasteiger partial charge is 0.280 e. The fourth-order valence-corrected chi connectivity index (χ4v) is 4.24. The van der Waals surface area contributed by atoms with E-state index < -0.39 is 16.4 Å². The molecule has 0 spiro atoms. The lowest BCUT2D eigenvalue weighted by molar-refractivity contribution is -0.385. The van der Waals surface area contributed by atoms with E-state index in [1.165, 1.54) is 17.8 Å². The van der Waals surface area contributed by atoms with Crippen LogP contribution in [0.2, 0.25) is 0 Å². The van der Waals surface area contributed by atoms with Gasteiger partial charge in [-0.1, -0.05) is 41.6 Å². The van der Waals surface area contributed by atoms with Crippen molar-refractivity contribution in [3.05, 3.63) is 69.3 Å². The minimum atomic E-state index is -0.497. The number of thioether (sulfide) groups is 1. The van der Waals surface area contributed by atoms with Crippen molar-refractivity contribution in [1.82, 2.24) is 4.90 Å². The van der Waals surface area contributed by atoms with Crippen molar-refractivity contribution >= 4 is 34.2 Å². The minimum Gasteiger partial charge on any atom is -0.280 e. The first kappa shape index (κ1) is 19.1. The van der Waals surface area contributed by atoms with E-state index in [9.17, 15) is 14.9 Å². The Hall–Kier alpha value is -2.67. The molecule has 0 unspecified atom stereocenters. The summed E-state index contributed by atoms with van der Waals surface area (Å²) in [6.07, 6.45) is 0. The summed E-state index contributed by atoms with van der Waals surface area (Å²) >= 11 is 1.48. The van der Waals surface area contributed by atoms with Gasteiger partial charge in [0.2, 0.25) is 0 Å². The molecule has 0 radical (unpaired) electrons. The largest absolute Gasteiger partial charge is 0.285 e. The van der Waals surface area contributed by atoms with E-state index in [2.05, 4.69) is 4.99 Å². The molecule has 1 heterocycles. The molecule has 140 valence electrons. The molecule has 6 nitrogen and oxygen atoms in total. The maximum atomic E-state index is 13.3. The SMILES string of the molecule is Cc1ccc(N=C2SCC(C)(C)N2C(=O)c2cccc(C)c2[N+](=O)[O-])cc1. The molecule has 1 aliphatic heterocycles. The number of para-hydroxylation sites is 1. The Balaban J connectivity index is 2.06. The van der Waals surface area contributed by atoms with Crippen molar-refractivity contribution in [3.8, 4) is 0 Å². The van der Waals surface area contributed by atoms with Crippen molar-refractivity contribution in [3.63, 3.8) is 0 Å². The summed E-state index contributed by atoms with van der Waals surface area (Å²) in [5.41, 5.74) is 1.78. The van der Waals surface area contributed by atoms with E-state index in [-0.39, 0.29) is 11.3 Å². The molecule has 0 N–H and O–H groups in total. The van der Waals surface area contributed by atoms with Crippen LogP contribution in [0.15, 0.2) is 47.5 Å². The maximum absolute atomic E-state index is 13.3. The molecule has 1 saturated heterocycles. The highest BCUT2D eigenvalue weighted by Crippen LogP contribution is 2.37. The Bertz CT molecular complexity index is 936. The van der Waals surface area contributed by atoms with Crippen LogP contribution in [0, 0.1) is 24.0 Å². The molecule has 2 aromatic carbocycles. The molecule has 2 aromatic rings. The van der Waals surface area contributed by atoms with Gasteiger partial charge in [0.15, 0.2) is 5.17 Å². The summed E-state index contributed by atoms with van der Waals surface area (Å²) in [5.74, 6) is 0.273. The monoisotopic (exact) mass is 383 g/mol. The lowest BCUT2D eigenvalue weighted by Crippen LogP contribution is -2.46. The van der Waals surface area contributed by atoms with Gasteiger partial charge >= 0.3 is 0 Å². The normalized spacial score (nSPS) is 17.3. The minimum absolute atomic E-state index is 0.0900. The number of benzene rings is 2. The van der Waals surface area contributed by atoms with Gasteiger partial charge in [-0.25, -0.2) is 4.99 Å². The second kappa shape index (κ2) is 7.15. The highest BCUT2D eigenvalue weighted by molar-refractivity contribution is 8.14. The molecule has 0 saturated carbocycles. The highest BCUT2D eigenvalue weighted by Gasteiger charge is 2.43. The van der Waals surface area contributed by atoms with E-state index in [0.717, 1.165) is 11.3 Å². The quantitative estimate of drug-likeness (QED) is 0.560. The Kier molecular flexibility index (Phi) is 5.06. The Labute approximate surface area is 162 Å². The summed E-state index contributed by atoms with van der Waals surface area (Å²) in [7, 11) is 0. The van der Waals surface area contributed by atoms with Gasteiger partial charge in [-0.2, -0.15) is 0 Å². The highest BCUT2D eigenvalue weighted by atomic mass is 32.2. The molecule has 27 heavy (non-hydrogen) atoms. The fourth-order valence-electron chi connectivity index (χ4n) is 3.00. The van der Waals surface area contributed by atoms with E-state index in [0.29, 0.717) is 16.5 Å². The third-order valence-electron chi connectivity index (χ3n) is 4.46. The van der Waals surface area contributed by atoms with Crippen LogP contribution in [0.5, 0.6) is 0 Å². The molecule has 1 amide bonds. The number of aliphatic imine (C=N–C) groups is 1. The van der Waals surface area contributed by atoms with Crippen molar-refractivity contribution in [2.24, 2.45) is 4.99 Å². The molecular formula is C20H21N3O3S. The first-order valence-corrected chi connectivity index (χ1v) is 9.56. The summed E-state index contributed by atoms with van der Waals surface area (Å²) in [6, 6.07) is 12.5. The number of nitro groups is 1. The van der Waals surface area contributed by atoms with Crippen LogP contribution in [0.25, 0.3) is 0 Å². The Morgan fingerprint density at radius 3 is 2.48 bits per heavy atom. The summed E-state index contributed by atoms with van der Waals surface area (Å²) < 4.78 is 0. The molecule has 1 fully saturated rings. The predicted molar refractivity (Wildman–Crippen MR) is 109 cm³/mol. The molecular weight excluding hydrogens is 362 g/mol. The van der Waals surface area contributed by atoms with Crippen LogP contribution in [0.3, 0.4) is 0 Å². The van der Waals surface area contributed by atoms with E-state index in [1.54, 1.807) is 24.0 Å². The third kappa shape index (κ3) is 3.73. The number of rotatable bonds is 3. The molecule has 3 rings (SSSR count). The van der Waals surface area contributed by atoms with Gasteiger partial charge in [-0.05, 0) is 45.9 Å². The second-order valence-corrected chi connectivity index (χ2v) is 8.14. The van der Waals surface area contributed by atoms with Crippen molar-refractivity contribution in [2.45, 2.75) is 33.2 Å². The lowest BCUT2D eigenvalue weighted by Gasteiger charge is -2.30. The summed E-state index contributed by atoms with van der Waals surface area (Å²) in [4.78, 5) is 30.6. The van der Waals surface area contributed by atoms with Gasteiger partial charge in [0.05, 0.1) is 16.1 Å². The van der Waals surface area contributed by atoms with Crippen LogP contribution < -0.4 is 0 Å². The average molecular weight is 383 g/mol. The van der Waals surface area contributed by atoms with Crippen molar-refractivity contribution in [2.75, 3.05) is 5.75 Å². The van der Waals surface area contributed by atoms with Gasteiger partial charge in [0, 0.05) is 11.3 Å². The fraction of sp³-hybridized carbons (Fsp3) is 0.300. The summed E-state index contributed by atoms with van der Waals surface area (Å²) in [5, 5.41) is 12.1. The molecule has 0 bridgehead atoms. The summed E-state index contributed by atoms with van der Waals surface area (Å²) in [6.45, 7) is 7.52. The van der Waals surface area contributed by atoms with Crippen molar-refractivity contribution in [1.29, 1.82) is 0 Å². The maximum Gasteiger partial charge on any atom is 0.285 e. The van der Waals surface area contributed by atoms with Crippen LogP contribution in [0.1, 0.15) is 35.3 Å². The number of amidine groups is 1. The lowest BCUT2D eigenvalue weighted by atomic mass is 10.0. The van der Waals surface area contributed by atoms with Gasteiger partial charge < -0.3 is 0 Å². The van der Waals surface area contributed by atoms with Crippen molar-refractivity contribution < 1.29 is 9.72 Å². The number of carbonyl (C=O) groups excluding carboxylic acids is 1. The number of amides is 1. The van der Waals surface area contributed by atoms with Crippen LogP contribution in [-0.2, 0) is 0 Å². The van der Waals surface area contributed by atoms with E-state index in [4.69, 9.17) is 0 Å². The number of hydrogen-bond acceptors (Lipinski definition) is 5. The van der Waals surface area contributed by atoms with Gasteiger partial charge in [0.25, 0.3) is 11.6 Å². The Morgan fingerprint density at radius 1 is 1.19 bits per heavy atom. The first-order chi connectivity index (χ1) is 12.7. The molecule has 7 heteroatoms. The number of carbonyl (C=O) groups is 1. The zero-order chi connectivity index (χ0) is 19.8. The predicted octanol–water partition coefficient (Wildman–Crippen LogP) is 4.87. The zero-order valence-corrected chi connectivity index (χ0v) is 16.5. The van der Waals surface area contributed by atoms with Crippen LogP contribution in [-0.4, -0.2) is 32.2 Å². The van der Waals surface area contributed by atoms with Gasteiger partial charge in [-0.15, -0.1) is 0 Å². The zero-order valence-electron chi connectivity index (χ0n) is 15.7. The number of hydrogen-bond donors (Lipinski definition) is 0. The molecule has 0 aliphatic carbocycles. The standard InChI is InChI=1S/C20H21N3O3S/c1-13-8-10-15(11-9-13)21-19-22(20(3,4)12-27-19)18(24)16-7-5-6-14(2)17(16)23(25)26/h5-11H,12H2,1-4H3. The molecule has 0 atom stereocenters. The molecule has 1 aliphatic rings. The van der Waals surface area contributed by atoms with Crippen LogP contribution in [0.4, 0.5) is 11.4 Å². The second-order valence-electron chi connectivity index (χ2n) is 7.20. The first-order valence-electron chi connectivity index (χ1n) is 8.57.